The SMILES string of the molecule is C=C/C=C\C(=C)CCCCOCCC1C=CC(NCC/C=C\C(C)c2nc(C(F)(F)F)c[nH]2)=CC1. The summed E-state index contributed by atoms with van der Waals surface area (Å²) in [5.74, 6) is 0.610. The van der Waals surface area contributed by atoms with Crippen molar-refractivity contribution in [3.63, 3.8) is 0 Å². The summed E-state index contributed by atoms with van der Waals surface area (Å²) in [6, 6.07) is 0. The number of rotatable bonds is 16. The Kier molecular flexibility index (Phi) is 12.4. The molecule has 0 saturated heterocycles. The van der Waals surface area contributed by atoms with E-state index in [1.165, 1.54) is 0 Å². The molecule has 0 bridgehead atoms. The van der Waals surface area contributed by atoms with Gasteiger partial charge in [0.25, 0.3) is 0 Å². The lowest BCUT2D eigenvalue weighted by molar-refractivity contribution is -0.140. The van der Waals surface area contributed by atoms with Gasteiger partial charge >= 0.3 is 6.18 Å². The van der Waals surface area contributed by atoms with E-state index < -0.39 is 11.9 Å². The Balaban J connectivity index is 1.52. The van der Waals surface area contributed by atoms with Crippen LogP contribution in [0.15, 0.2) is 79.2 Å². The minimum Gasteiger partial charge on any atom is -0.385 e. The van der Waals surface area contributed by atoms with Crippen molar-refractivity contribution in [2.45, 2.75) is 57.5 Å². The molecule has 7 heteroatoms. The number of nitrogens with one attached hydrogen (secondary N) is 2. The zero-order valence-corrected chi connectivity index (χ0v) is 20.6. The van der Waals surface area contributed by atoms with Crippen molar-refractivity contribution in [1.29, 1.82) is 0 Å². The molecular weight excluding hydrogens is 451 g/mol. The molecule has 0 spiro atoms. The Morgan fingerprint density at radius 1 is 1.34 bits per heavy atom. The topological polar surface area (TPSA) is 49.9 Å². The molecule has 2 N–H and O–H groups in total. The van der Waals surface area contributed by atoms with Crippen LogP contribution >= 0.6 is 0 Å². The number of aromatic nitrogens is 2. The van der Waals surface area contributed by atoms with E-state index in [1.54, 1.807) is 6.08 Å². The highest BCUT2D eigenvalue weighted by Gasteiger charge is 2.33. The number of hydrogen-bond acceptors (Lipinski definition) is 3. The standard InChI is InChI=1S/C28H38F3N3O/c1-4-5-10-22(2)11-7-9-19-35-20-17-24-13-15-25(16-14-24)32-18-8-6-12-23(3)27-33-21-26(34-27)28(29,30)31/h4-6,10,12-13,15-16,21,23-24,32H,1-2,7-9,11,14,17-20H2,3H3,(H,33,34)/b10-5-,12-6-. The molecule has 0 radical (unpaired) electrons. The highest BCUT2D eigenvalue weighted by molar-refractivity contribution is 5.22. The third kappa shape index (κ3) is 11.5. The summed E-state index contributed by atoms with van der Waals surface area (Å²) in [5.41, 5.74) is 1.34. The van der Waals surface area contributed by atoms with Gasteiger partial charge in [-0.05, 0) is 50.5 Å². The number of hydrogen-bond donors (Lipinski definition) is 2. The van der Waals surface area contributed by atoms with Crippen LogP contribution in [-0.4, -0.2) is 29.7 Å². The van der Waals surface area contributed by atoms with Gasteiger partial charge in [0.2, 0.25) is 0 Å². The van der Waals surface area contributed by atoms with Crippen molar-refractivity contribution in [1.82, 2.24) is 15.3 Å². The van der Waals surface area contributed by atoms with Gasteiger partial charge in [-0.15, -0.1) is 0 Å². The molecule has 1 heterocycles. The lowest BCUT2D eigenvalue weighted by Gasteiger charge is -2.17. The van der Waals surface area contributed by atoms with Gasteiger partial charge in [-0.1, -0.05) is 68.2 Å². The van der Waals surface area contributed by atoms with Gasteiger partial charge in [-0.25, -0.2) is 4.98 Å². The minimum absolute atomic E-state index is 0.207. The number of aromatic amines is 1. The van der Waals surface area contributed by atoms with Gasteiger partial charge in [-0.2, -0.15) is 13.2 Å². The van der Waals surface area contributed by atoms with Crippen molar-refractivity contribution in [3.05, 3.63) is 90.8 Å². The second-order valence-electron chi connectivity index (χ2n) is 8.73. The van der Waals surface area contributed by atoms with Gasteiger partial charge in [0, 0.05) is 37.6 Å². The molecular formula is C28H38F3N3O. The second-order valence-corrected chi connectivity index (χ2v) is 8.73. The van der Waals surface area contributed by atoms with Crippen LogP contribution in [0.2, 0.25) is 0 Å². The fourth-order valence-corrected chi connectivity index (χ4v) is 3.60. The van der Waals surface area contributed by atoms with Crippen molar-refractivity contribution < 1.29 is 17.9 Å². The predicted molar refractivity (Wildman–Crippen MR) is 137 cm³/mol. The van der Waals surface area contributed by atoms with Crippen molar-refractivity contribution >= 4 is 0 Å². The molecule has 0 aliphatic heterocycles. The first-order valence-electron chi connectivity index (χ1n) is 12.3. The number of allylic oxidation sites excluding steroid dienone is 8. The first-order valence-corrected chi connectivity index (χ1v) is 12.3. The molecule has 0 aromatic carbocycles. The van der Waals surface area contributed by atoms with Crippen LogP contribution in [0, 0.1) is 5.92 Å². The summed E-state index contributed by atoms with van der Waals surface area (Å²) >= 11 is 0. The normalized spacial score (nSPS) is 17.1. The first-order chi connectivity index (χ1) is 16.8. The third-order valence-corrected chi connectivity index (χ3v) is 5.71. The fourth-order valence-electron chi connectivity index (χ4n) is 3.60. The second kappa shape index (κ2) is 15.2. The number of halogens is 3. The number of alkyl halides is 3. The summed E-state index contributed by atoms with van der Waals surface area (Å²) in [5, 5.41) is 3.39. The first kappa shape index (κ1) is 28.4. The lowest BCUT2D eigenvalue weighted by atomic mass is 9.96. The molecule has 1 aliphatic rings. The van der Waals surface area contributed by atoms with E-state index in [4.69, 9.17) is 4.74 Å². The van der Waals surface area contributed by atoms with Crippen LogP contribution in [0.3, 0.4) is 0 Å². The molecule has 4 nitrogen and oxygen atoms in total. The predicted octanol–water partition coefficient (Wildman–Crippen LogP) is 7.40. The third-order valence-electron chi connectivity index (χ3n) is 5.71. The molecule has 2 atom stereocenters. The van der Waals surface area contributed by atoms with Crippen molar-refractivity contribution in [3.8, 4) is 0 Å². The van der Waals surface area contributed by atoms with Crippen LogP contribution in [0.25, 0.3) is 0 Å². The fraction of sp³-hybridized carbons (Fsp3) is 0.464. The van der Waals surface area contributed by atoms with E-state index in [1.807, 2.05) is 31.2 Å². The van der Waals surface area contributed by atoms with Gasteiger partial charge in [-0.3, -0.25) is 0 Å². The van der Waals surface area contributed by atoms with Gasteiger partial charge in [0.15, 0.2) is 5.69 Å². The molecule has 192 valence electrons. The summed E-state index contributed by atoms with van der Waals surface area (Å²) in [7, 11) is 0. The van der Waals surface area contributed by atoms with Crippen LogP contribution in [0.4, 0.5) is 13.2 Å². The van der Waals surface area contributed by atoms with E-state index in [-0.39, 0.29) is 5.92 Å². The largest absolute Gasteiger partial charge is 0.434 e. The van der Waals surface area contributed by atoms with E-state index in [0.29, 0.717) is 11.7 Å². The molecule has 0 amide bonds. The van der Waals surface area contributed by atoms with E-state index >= 15 is 0 Å². The molecule has 2 unspecified atom stereocenters. The Hall–Kier alpha value is -2.80. The quantitative estimate of drug-likeness (QED) is 0.144. The van der Waals surface area contributed by atoms with E-state index in [0.717, 1.165) is 75.8 Å². The minimum atomic E-state index is -4.42. The van der Waals surface area contributed by atoms with Gasteiger partial charge in [0.1, 0.15) is 5.82 Å². The Labute approximate surface area is 207 Å². The van der Waals surface area contributed by atoms with Crippen LogP contribution in [0.1, 0.15) is 62.9 Å². The number of ether oxygens (including phenoxy) is 1. The highest BCUT2D eigenvalue weighted by Crippen LogP contribution is 2.28. The van der Waals surface area contributed by atoms with E-state index in [9.17, 15) is 13.2 Å². The number of H-pyrrole nitrogens is 1. The maximum absolute atomic E-state index is 12.7. The zero-order chi connectivity index (χ0) is 25.5. The molecule has 2 rings (SSSR count). The van der Waals surface area contributed by atoms with Crippen molar-refractivity contribution in [2.24, 2.45) is 5.92 Å². The summed E-state index contributed by atoms with van der Waals surface area (Å²) in [4.78, 5) is 6.25. The number of imidazole rings is 1. The maximum atomic E-state index is 12.7. The zero-order valence-electron chi connectivity index (χ0n) is 20.6. The van der Waals surface area contributed by atoms with Gasteiger partial charge in [0.05, 0.1) is 0 Å². The summed E-state index contributed by atoms with van der Waals surface area (Å²) < 4.78 is 43.7. The molecule has 35 heavy (non-hydrogen) atoms. The maximum Gasteiger partial charge on any atom is 0.434 e. The Morgan fingerprint density at radius 3 is 2.86 bits per heavy atom. The average molecular weight is 490 g/mol. The number of nitrogens with zero attached hydrogens (tertiary/aromatic N) is 1. The Morgan fingerprint density at radius 2 is 2.17 bits per heavy atom. The molecule has 1 aromatic rings. The molecule has 0 saturated carbocycles. The molecule has 1 aromatic heterocycles. The monoisotopic (exact) mass is 489 g/mol. The van der Waals surface area contributed by atoms with Crippen molar-refractivity contribution in [2.75, 3.05) is 19.8 Å². The summed E-state index contributed by atoms with van der Waals surface area (Å²) in [6.07, 6.45) is 18.4. The number of unbranched alkanes of at least 4 members (excludes halogenated alkanes) is 1. The van der Waals surface area contributed by atoms with Gasteiger partial charge < -0.3 is 15.0 Å². The van der Waals surface area contributed by atoms with Crippen LogP contribution < -0.4 is 5.32 Å². The average Bonchev–Trinajstić information content (AvgIpc) is 3.34. The summed E-state index contributed by atoms with van der Waals surface area (Å²) in [6.45, 7) is 11.8. The molecule has 0 fully saturated rings. The Bertz CT molecular complexity index is 909. The van der Waals surface area contributed by atoms with Crippen LogP contribution in [0.5, 0.6) is 0 Å². The van der Waals surface area contributed by atoms with E-state index in [2.05, 4.69) is 46.7 Å². The molecule has 1 aliphatic carbocycles. The van der Waals surface area contributed by atoms with Crippen LogP contribution in [-0.2, 0) is 10.9 Å². The smallest absolute Gasteiger partial charge is 0.385 e. The highest BCUT2D eigenvalue weighted by atomic mass is 19.4. The lowest BCUT2D eigenvalue weighted by Crippen LogP contribution is -2.16.